The number of para-hydroxylation sites is 1. The van der Waals surface area contributed by atoms with Gasteiger partial charge in [-0.3, -0.25) is 14.2 Å². The molecule has 14 heteroatoms. The molecular formula is C33H26Cl2N6O3S3. The normalized spacial score (nSPS) is 11.0. The largest absolute Gasteiger partial charge is 0.492 e. The van der Waals surface area contributed by atoms with Crippen LogP contribution in [0.15, 0.2) is 107 Å². The first-order valence-electron chi connectivity index (χ1n) is 14.3. The molecule has 2 amide bonds. The molecule has 0 bridgehead atoms. The predicted octanol–water partition coefficient (Wildman–Crippen LogP) is 7.87. The Morgan fingerprint density at radius 1 is 0.851 bits per heavy atom. The highest BCUT2D eigenvalue weighted by atomic mass is 35.5. The molecule has 6 rings (SSSR count). The van der Waals surface area contributed by atoms with Crippen LogP contribution in [0.2, 0.25) is 10.0 Å². The fraction of sp³-hybridized carbons (Fsp3) is 0.121. The number of hydrogen-bond donors (Lipinski definition) is 2. The molecule has 0 fully saturated rings. The molecule has 6 aromatic rings. The van der Waals surface area contributed by atoms with Gasteiger partial charge in [0.1, 0.15) is 12.4 Å². The number of nitrogens with one attached hydrogen (secondary N) is 2. The summed E-state index contributed by atoms with van der Waals surface area (Å²) in [5, 5.41) is 16.4. The molecule has 0 aliphatic carbocycles. The number of amides is 2. The quantitative estimate of drug-likeness (QED) is 0.0916. The van der Waals surface area contributed by atoms with Gasteiger partial charge in [0, 0.05) is 22.0 Å². The monoisotopic (exact) mass is 720 g/mol. The molecule has 47 heavy (non-hydrogen) atoms. The maximum Gasteiger partial charge on any atom is 0.234 e. The molecule has 0 unspecified atom stereocenters. The van der Waals surface area contributed by atoms with Crippen LogP contribution in [-0.4, -0.2) is 56.2 Å². The Kier molecular flexibility index (Phi) is 11.0. The van der Waals surface area contributed by atoms with Crippen molar-refractivity contribution in [1.29, 1.82) is 0 Å². The van der Waals surface area contributed by atoms with Crippen LogP contribution in [0, 0.1) is 0 Å². The standard InChI is InChI=1S/C33H26Cl2N6O3S3/c34-21-10-13-24(14-11-21)44-17-16-36-29(42)19-46-33-38-27-15-12-22(18-28(27)47-33)37-30(43)20-45-32-40-39-31(25-8-4-5-9-26(25)35)41(32)23-6-2-1-3-7-23/h1-15,18H,16-17,19-20H2,(H,36,42)(H,37,43). The molecule has 0 aliphatic rings. The fourth-order valence-corrected chi connectivity index (χ4v) is 7.46. The molecule has 0 aliphatic heterocycles. The van der Waals surface area contributed by atoms with Gasteiger partial charge in [0.05, 0.1) is 33.3 Å². The molecule has 2 N–H and O–H groups in total. The maximum atomic E-state index is 13.0. The zero-order chi connectivity index (χ0) is 32.6. The lowest BCUT2D eigenvalue weighted by Crippen LogP contribution is -2.29. The summed E-state index contributed by atoms with van der Waals surface area (Å²) in [6, 6.07) is 29.8. The van der Waals surface area contributed by atoms with Crippen molar-refractivity contribution in [1.82, 2.24) is 25.1 Å². The van der Waals surface area contributed by atoms with Crippen molar-refractivity contribution in [2.24, 2.45) is 0 Å². The van der Waals surface area contributed by atoms with Gasteiger partial charge in [-0.25, -0.2) is 4.98 Å². The van der Waals surface area contributed by atoms with Crippen LogP contribution < -0.4 is 15.4 Å². The van der Waals surface area contributed by atoms with E-state index in [0.717, 1.165) is 25.8 Å². The summed E-state index contributed by atoms with van der Waals surface area (Å²) >= 11 is 16.5. The molecule has 9 nitrogen and oxygen atoms in total. The number of halogens is 2. The minimum Gasteiger partial charge on any atom is -0.492 e. The summed E-state index contributed by atoms with van der Waals surface area (Å²) in [5.41, 5.74) is 3.06. The summed E-state index contributed by atoms with van der Waals surface area (Å²) < 4.78 is 9.17. The van der Waals surface area contributed by atoms with Crippen LogP contribution in [0.1, 0.15) is 0 Å². The van der Waals surface area contributed by atoms with Crippen molar-refractivity contribution in [2.75, 3.05) is 30.0 Å². The molecule has 238 valence electrons. The summed E-state index contributed by atoms with van der Waals surface area (Å²) in [4.78, 5) is 29.9. The van der Waals surface area contributed by atoms with E-state index in [-0.39, 0.29) is 23.3 Å². The van der Waals surface area contributed by atoms with E-state index >= 15 is 0 Å². The van der Waals surface area contributed by atoms with E-state index in [2.05, 4.69) is 25.8 Å². The average Bonchev–Trinajstić information content (AvgIpc) is 3.70. The van der Waals surface area contributed by atoms with Crippen molar-refractivity contribution in [2.45, 2.75) is 9.50 Å². The van der Waals surface area contributed by atoms with Gasteiger partial charge >= 0.3 is 0 Å². The Labute approximate surface area is 293 Å². The number of nitrogens with zero attached hydrogens (tertiary/aromatic N) is 4. The molecule has 2 aromatic heterocycles. The van der Waals surface area contributed by atoms with Gasteiger partial charge in [-0.05, 0) is 66.7 Å². The number of benzene rings is 4. The Morgan fingerprint density at radius 2 is 1.62 bits per heavy atom. The van der Waals surface area contributed by atoms with E-state index in [0.29, 0.717) is 45.6 Å². The van der Waals surface area contributed by atoms with Crippen LogP contribution >= 0.6 is 58.1 Å². The third kappa shape index (κ3) is 8.65. The van der Waals surface area contributed by atoms with Gasteiger partial charge in [-0.15, -0.1) is 21.5 Å². The summed E-state index contributed by atoms with van der Waals surface area (Å²) in [7, 11) is 0. The van der Waals surface area contributed by atoms with E-state index < -0.39 is 0 Å². The fourth-order valence-electron chi connectivity index (χ4n) is 4.43. The number of aromatic nitrogens is 4. The smallest absolute Gasteiger partial charge is 0.234 e. The second-order valence-electron chi connectivity index (χ2n) is 9.90. The number of fused-ring (bicyclic) bond motifs is 1. The molecule has 0 saturated heterocycles. The van der Waals surface area contributed by atoms with Crippen LogP contribution in [0.25, 0.3) is 27.3 Å². The van der Waals surface area contributed by atoms with Gasteiger partial charge in [0.15, 0.2) is 15.3 Å². The zero-order valence-electron chi connectivity index (χ0n) is 24.6. The highest BCUT2D eigenvalue weighted by molar-refractivity contribution is 8.01. The minimum atomic E-state index is -0.188. The van der Waals surface area contributed by atoms with Crippen molar-refractivity contribution in [3.63, 3.8) is 0 Å². The summed E-state index contributed by atoms with van der Waals surface area (Å²) in [5.74, 6) is 1.34. The van der Waals surface area contributed by atoms with Gasteiger partial charge in [0.25, 0.3) is 0 Å². The number of thiazole rings is 1. The van der Waals surface area contributed by atoms with Crippen LogP contribution in [0.5, 0.6) is 5.75 Å². The first-order chi connectivity index (χ1) is 22.9. The number of rotatable bonds is 13. The number of thioether (sulfide) groups is 2. The molecule has 0 radical (unpaired) electrons. The van der Waals surface area contributed by atoms with Crippen molar-refractivity contribution in [3.8, 4) is 22.8 Å². The Hall–Kier alpha value is -4.07. The Morgan fingerprint density at radius 3 is 2.43 bits per heavy atom. The zero-order valence-corrected chi connectivity index (χ0v) is 28.5. The second-order valence-corrected chi connectivity index (χ2v) is 13.9. The highest BCUT2D eigenvalue weighted by Gasteiger charge is 2.19. The average molecular weight is 722 g/mol. The maximum absolute atomic E-state index is 13.0. The second kappa shape index (κ2) is 15.7. The van der Waals surface area contributed by atoms with Crippen molar-refractivity contribution < 1.29 is 14.3 Å². The topological polar surface area (TPSA) is 111 Å². The van der Waals surface area contributed by atoms with Gasteiger partial charge in [-0.1, -0.05) is 77.1 Å². The number of anilines is 1. The lowest BCUT2D eigenvalue weighted by molar-refractivity contribution is -0.118. The van der Waals surface area contributed by atoms with Crippen LogP contribution in [0.4, 0.5) is 5.69 Å². The Balaban J connectivity index is 1.02. The SMILES string of the molecule is O=C(CSc1nc2ccc(NC(=O)CSc3nnc(-c4ccccc4Cl)n3-c3ccccc3)cc2s1)NCCOc1ccc(Cl)cc1. The number of carbonyl (C=O) groups is 2. The third-order valence-corrected chi connectivity index (χ3v) is 10.3. The van der Waals surface area contributed by atoms with Crippen LogP contribution in [-0.2, 0) is 9.59 Å². The highest BCUT2D eigenvalue weighted by Crippen LogP contribution is 2.33. The molecule has 0 atom stereocenters. The van der Waals surface area contributed by atoms with E-state index in [9.17, 15) is 9.59 Å². The third-order valence-electron chi connectivity index (χ3n) is 6.58. The first kappa shape index (κ1) is 32.9. The van der Waals surface area contributed by atoms with Gasteiger partial charge < -0.3 is 15.4 Å². The molecule has 4 aromatic carbocycles. The molecular weight excluding hydrogens is 696 g/mol. The molecule has 0 spiro atoms. The molecule has 2 heterocycles. The minimum absolute atomic E-state index is 0.110. The predicted molar refractivity (Wildman–Crippen MR) is 191 cm³/mol. The number of hydrogen-bond acceptors (Lipinski definition) is 9. The number of ether oxygens (including phenoxy) is 1. The van der Waals surface area contributed by atoms with E-state index in [1.165, 1.54) is 34.9 Å². The van der Waals surface area contributed by atoms with Crippen molar-refractivity contribution >= 4 is 85.8 Å². The van der Waals surface area contributed by atoms with Crippen molar-refractivity contribution in [3.05, 3.63) is 107 Å². The summed E-state index contributed by atoms with van der Waals surface area (Å²) in [6.07, 6.45) is 0. The van der Waals surface area contributed by atoms with E-state index in [4.69, 9.17) is 27.9 Å². The van der Waals surface area contributed by atoms with Crippen LogP contribution in [0.3, 0.4) is 0 Å². The summed E-state index contributed by atoms with van der Waals surface area (Å²) in [6.45, 7) is 0.735. The Bertz CT molecular complexity index is 2000. The lowest BCUT2D eigenvalue weighted by Gasteiger charge is -2.11. The van der Waals surface area contributed by atoms with E-state index in [1.54, 1.807) is 24.3 Å². The molecule has 0 saturated carbocycles. The van der Waals surface area contributed by atoms with Gasteiger partial charge in [0.2, 0.25) is 11.8 Å². The van der Waals surface area contributed by atoms with E-state index in [1.807, 2.05) is 77.4 Å². The lowest BCUT2D eigenvalue weighted by atomic mass is 10.2. The number of carbonyl (C=O) groups excluding carboxylic acids is 2. The first-order valence-corrected chi connectivity index (χ1v) is 17.8. The van der Waals surface area contributed by atoms with Gasteiger partial charge in [-0.2, -0.15) is 0 Å².